The van der Waals surface area contributed by atoms with E-state index in [0.29, 0.717) is 37.6 Å². The summed E-state index contributed by atoms with van der Waals surface area (Å²) in [5.74, 6) is -0.317. The van der Waals surface area contributed by atoms with Gasteiger partial charge in [0.2, 0.25) is 0 Å². The van der Waals surface area contributed by atoms with Gasteiger partial charge in [-0.25, -0.2) is 4.39 Å². The number of benzene rings is 1. The van der Waals surface area contributed by atoms with Crippen LogP contribution >= 0.6 is 11.3 Å². The standard InChI is InChI=1S/C18H17FN4OS/c19-13-4-1-2-5-16(13)22-7-9-23(10-8-22)18(24)15-12-14(20-21-15)17-6-3-11-25-17/h1-6,11-12H,7-10H2,(H,20,21). The molecule has 3 aromatic rings. The Morgan fingerprint density at radius 1 is 1.12 bits per heavy atom. The van der Waals surface area contributed by atoms with Crippen LogP contribution in [0.3, 0.4) is 0 Å². The van der Waals surface area contributed by atoms with E-state index in [4.69, 9.17) is 0 Å². The maximum Gasteiger partial charge on any atom is 0.274 e. The van der Waals surface area contributed by atoms with Crippen LogP contribution < -0.4 is 4.90 Å². The molecular formula is C18H17FN4OS. The third-order valence-corrected chi connectivity index (χ3v) is 5.25. The number of nitrogens with zero attached hydrogens (tertiary/aromatic N) is 3. The molecule has 5 nitrogen and oxygen atoms in total. The normalized spacial score (nSPS) is 14.8. The monoisotopic (exact) mass is 356 g/mol. The average molecular weight is 356 g/mol. The summed E-state index contributed by atoms with van der Waals surface area (Å²) in [6.07, 6.45) is 0. The summed E-state index contributed by atoms with van der Waals surface area (Å²) >= 11 is 1.60. The number of rotatable bonds is 3. The number of piperazine rings is 1. The lowest BCUT2D eigenvalue weighted by Gasteiger charge is -2.35. The highest BCUT2D eigenvalue weighted by Gasteiger charge is 2.25. The molecule has 1 N–H and O–H groups in total. The molecule has 2 aromatic heterocycles. The van der Waals surface area contributed by atoms with E-state index in [1.54, 1.807) is 34.4 Å². The first-order valence-electron chi connectivity index (χ1n) is 8.10. The van der Waals surface area contributed by atoms with E-state index in [0.717, 1.165) is 10.6 Å². The SMILES string of the molecule is O=C(c1cc(-c2cccs2)[nH]n1)N1CCN(c2ccccc2F)CC1. The van der Waals surface area contributed by atoms with Crippen molar-refractivity contribution in [3.8, 4) is 10.6 Å². The van der Waals surface area contributed by atoms with Crippen LogP contribution in [0.4, 0.5) is 10.1 Å². The molecule has 0 radical (unpaired) electrons. The first-order chi connectivity index (χ1) is 12.2. The van der Waals surface area contributed by atoms with Gasteiger partial charge in [0.1, 0.15) is 5.82 Å². The number of anilines is 1. The van der Waals surface area contributed by atoms with Gasteiger partial charge in [-0.15, -0.1) is 11.3 Å². The molecule has 1 amide bonds. The van der Waals surface area contributed by atoms with Crippen molar-refractivity contribution in [2.24, 2.45) is 0 Å². The number of carbonyl (C=O) groups excluding carboxylic acids is 1. The largest absolute Gasteiger partial charge is 0.366 e. The summed E-state index contributed by atoms with van der Waals surface area (Å²) in [4.78, 5) is 17.4. The van der Waals surface area contributed by atoms with Gasteiger partial charge in [0.25, 0.3) is 5.91 Å². The zero-order valence-electron chi connectivity index (χ0n) is 13.5. The van der Waals surface area contributed by atoms with Gasteiger partial charge >= 0.3 is 0 Å². The molecule has 1 fully saturated rings. The molecule has 0 aliphatic carbocycles. The second kappa shape index (κ2) is 6.68. The van der Waals surface area contributed by atoms with Crippen LogP contribution in [-0.4, -0.2) is 47.2 Å². The van der Waals surface area contributed by atoms with Crippen LogP contribution in [0.1, 0.15) is 10.5 Å². The first kappa shape index (κ1) is 15.8. The fraction of sp³-hybridized carbons (Fsp3) is 0.222. The minimum atomic E-state index is -0.227. The van der Waals surface area contributed by atoms with Crippen molar-refractivity contribution < 1.29 is 9.18 Å². The van der Waals surface area contributed by atoms with Gasteiger partial charge in [-0.1, -0.05) is 18.2 Å². The van der Waals surface area contributed by atoms with Gasteiger partial charge in [0, 0.05) is 26.2 Å². The smallest absolute Gasteiger partial charge is 0.274 e. The summed E-state index contributed by atoms with van der Waals surface area (Å²) in [5, 5.41) is 9.06. The number of hydrogen-bond donors (Lipinski definition) is 1. The maximum atomic E-state index is 13.9. The van der Waals surface area contributed by atoms with E-state index in [1.165, 1.54) is 6.07 Å². The van der Waals surface area contributed by atoms with Crippen molar-refractivity contribution in [3.05, 3.63) is 59.4 Å². The lowest BCUT2D eigenvalue weighted by molar-refractivity contribution is 0.0740. The predicted molar refractivity (Wildman–Crippen MR) is 96.4 cm³/mol. The third-order valence-electron chi connectivity index (χ3n) is 4.34. The topological polar surface area (TPSA) is 52.2 Å². The number of carbonyl (C=O) groups is 1. The number of nitrogens with one attached hydrogen (secondary N) is 1. The number of aromatic amines is 1. The number of hydrogen-bond acceptors (Lipinski definition) is 4. The third kappa shape index (κ3) is 3.15. The van der Waals surface area contributed by atoms with E-state index in [9.17, 15) is 9.18 Å². The van der Waals surface area contributed by atoms with Gasteiger partial charge in [0.15, 0.2) is 5.69 Å². The molecule has 1 aromatic carbocycles. The molecular weight excluding hydrogens is 339 g/mol. The fourth-order valence-electron chi connectivity index (χ4n) is 3.01. The zero-order valence-corrected chi connectivity index (χ0v) is 14.3. The molecule has 1 saturated heterocycles. The van der Waals surface area contributed by atoms with Crippen molar-refractivity contribution in [2.75, 3.05) is 31.1 Å². The van der Waals surface area contributed by atoms with E-state index in [-0.39, 0.29) is 11.7 Å². The summed E-state index contributed by atoms with van der Waals surface area (Å²) < 4.78 is 13.9. The molecule has 0 saturated carbocycles. The van der Waals surface area contributed by atoms with Crippen molar-refractivity contribution in [2.45, 2.75) is 0 Å². The molecule has 1 aliphatic heterocycles. The van der Waals surface area contributed by atoms with Gasteiger partial charge in [0.05, 0.1) is 16.3 Å². The predicted octanol–water partition coefficient (Wildman–Crippen LogP) is 3.24. The Kier molecular flexibility index (Phi) is 4.23. The molecule has 3 heterocycles. The summed E-state index contributed by atoms with van der Waals surface area (Å²) in [6.45, 7) is 2.31. The van der Waals surface area contributed by atoms with E-state index < -0.39 is 0 Å². The lowest BCUT2D eigenvalue weighted by atomic mass is 10.2. The molecule has 7 heteroatoms. The van der Waals surface area contributed by atoms with Gasteiger partial charge in [-0.05, 0) is 29.6 Å². The highest BCUT2D eigenvalue weighted by molar-refractivity contribution is 7.13. The Labute approximate surface area is 148 Å². The molecule has 25 heavy (non-hydrogen) atoms. The van der Waals surface area contributed by atoms with Gasteiger partial charge < -0.3 is 9.80 Å². The van der Waals surface area contributed by atoms with Crippen LogP contribution in [0.5, 0.6) is 0 Å². The Balaban J connectivity index is 1.42. The van der Waals surface area contributed by atoms with Gasteiger partial charge in [-0.3, -0.25) is 9.89 Å². The Morgan fingerprint density at radius 2 is 1.92 bits per heavy atom. The van der Waals surface area contributed by atoms with Gasteiger partial charge in [-0.2, -0.15) is 5.10 Å². The molecule has 0 atom stereocenters. The number of thiophene rings is 1. The highest BCUT2D eigenvalue weighted by Crippen LogP contribution is 2.24. The van der Waals surface area contributed by atoms with Crippen molar-refractivity contribution in [3.63, 3.8) is 0 Å². The first-order valence-corrected chi connectivity index (χ1v) is 8.98. The molecule has 1 aliphatic rings. The Morgan fingerprint density at radius 3 is 2.64 bits per heavy atom. The van der Waals surface area contributed by atoms with Crippen molar-refractivity contribution >= 4 is 22.9 Å². The maximum absolute atomic E-state index is 13.9. The van der Waals surface area contributed by atoms with Crippen LogP contribution in [0.15, 0.2) is 47.8 Å². The lowest BCUT2D eigenvalue weighted by Crippen LogP contribution is -2.49. The Hall–Kier alpha value is -2.67. The van der Waals surface area contributed by atoms with Crippen LogP contribution in [0.25, 0.3) is 10.6 Å². The average Bonchev–Trinajstić information content (AvgIpc) is 3.33. The molecule has 128 valence electrons. The van der Waals surface area contributed by atoms with E-state index >= 15 is 0 Å². The number of para-hydroxylation sites is 1. The second-order valence-corrected chi connectivity index (χ2v) is 6.82. The molecule has 0 unspecified atom stereocenters. The number of amides is 1. The summed E-state index contributed by atoms with van der Waals surface area (Å²) in [5.41, 5.74) is 1.86. The number of H-pyrrole nitrogens is 1. The molecule has 0 bridgehead atoms. The van der Waals surface area contributed by atoms with Crippen LogP contribution in [0, 0.1) is 5.82 Å². The minimum absolute atomic E-state index is 0.0905. The number of halogens is 1. The number of aromatic nitrogens is 2. The fourth-order valence-corrected chi connectivity index (χ4v) is 3.70. The zero-order chi connectivity index (χ0) is 17.2. The minimum Gasteiger partial charge on any atom is -0.366 e. The second-order valence-electron chi connectivity index (χ2n) is 5.87. The van der Waals surface area contributed by atoms with Crippen LogP contribution in [0.2, 0.25) is 0 Å². The summed E-state index contributed by atoms with van der Waals surface area (Å²) in [7, 11) is 0. The molecule has 4 rings (SSSR count). The van der Waals surface area contributed by atoms with E-state index in [1.807, 2.05) is 28.5 Å². The van der Waals surface area contributed by atoms with Crippen molar-refractivity contribution in [1.29, 1.82) is 0 Å². The summed E-state index contributed by atoms with van der Waals surface area (Å²) in [6, 6.07) is 12.5. The molecule has 0 spiro atoms. The van der Waals surface area contributed by atoms with E-state index in [2.05, 4.69) is 10.2 Å². The van der Waals surface area contributed by atoms with Crippen LogP contribution in [-0.2, 0) is 0 Å². The quantitative estimate of drug-likeness (QED) is 0.784. The highest BCUT2D eigenvalue weighted by atomic mass is 32.1. The Bertz CT molecular complexity index is 869. The van der Waals surface area contributed by atoms with Crippen molar-refractivity contribution in [1.82, 2.24) is 15.1 Å².